The van der Waals surface area contributed by atoms with E-state index in [0.717, 1.165) is 39.0 Å². The largest absolute Gasteiger partial charge is 0.336 e. The summed E-state index contributed by atoms with van der Waals surface area (Å²) in [7, 11) is 2.09. The summed E-state index contributed by atoms with van der Waals surface area (Å²) in [5, 5.41) is 4.46. The Balaban J connectivity index is 1.69. The standard InChI is InChI=1S/C16H21N5O/c1-19-6-8-20(9-7-19)16(22)13-11-18-21-14-5-3-2-4-12(14)10-17-15(13)21/h10-11H,2-9H2,1H3. The molecule has 1 amide bonds. The Hall–Kier alpha value is -1.95. The number of carbonyl (C=O) groups excluding carboxylic acids is 1. The molecule has 0 N–H and O–H groups in total. The lowest BCUT2D eigenvalue weighted by Crippen LogP contribution is -2.47. The van der Waals surface area contributed by atoms with Gasteiger partial charge in [-0.3, -0.25) is 4.79 Å². The number of aryl methyl sites for hydroxylation is 2. The number of aromatic nitrogens is 3. The number of carbonyl (C=O) groups is 1. The fourth-order valence-electron chi connectivity index (χ4n) is 3.43. The number of fused-ring (bicyclic) bond motifs is 3. The van der Waals surface area contributed by atoms with E-state index in [4.69, 9.17) is 0 Å². The molecule has 2 aromatic rings. The minimum absolute atomic E-state index is 0.0614. The number of amides is 1. The van der Waals surface area contributed by atoms with Crippen LogP contribution < -0.4 is 0 Å². The zero-order valence-electron chi connectivity index (χ0n) is 13.0. The molecule has 0 atom stereocenters. The molecule has 0 bridgehead atoms. The second-order valence-electron chi connectivity index (χ2n) is 6.33. The normalized spacial score (nSPS) is 19.4. The number of likely N-dealkylation sites (N-methyl/N-ethyl adjacent to an activating group) is 1. The van der Waals surface area contributed by atoms with Gasteiger partial charge < -0.3 is 9.80 Å². The first kappa shape index (κ1) is 13.7. The molecule has 2 aliphatic rings. The lowest BCUT2D eigenvalue weighted by Gasteiger charge is -2.32. The second-order valence-corrected chi connectivity index (χ2v) is 6.33. The van der Waals surface area contributed by atoms with Gasteiger partial charge in [0.15, 0.2) is 5.65 Å². The molecule has 0 unspecified atom stereocenters. The molecular weight excluding hydrogens is 278 g/mol. The van der Waals surface area contributed by atoms with Crippen molar-refractivity contribution < 1.29 is 4.79 Å². The van der Waals surface area contributed by atoms with E-state index in [0.29, 0.717) is 11.2 Å². The Kier molecular flexibility index (Phi) is 3.33. The Morgan fingerprint density at radius 2 is 1.86 bits per heavy atom. The van der Waals surface area contributed by atoms with Crippen LogP contribution in [0.4, 0.5) is 0 Å². The van der Waals surface area contributed by atoms with Crippen molar-refractivity contribution in [3.8, 4) is 0 Å². The highest BCUT2D eigenvalue weighted by Crippen LogP contribution is 2.23. The molecule has 6 heteroatoms. The SMILES string of the molecule is CN1CCN(C(=O)c2cnn3c4c(cnc23)CCCC4)CC1. The summed E-state index contributed by atoms with van der Waals surface area (Å²) >= 11 is 0. The van der Waals surface area contributed by atoms with Crippen LogP contribution in [0, 0.1) is 0 Å². The first-order valence-electron chi connectivity index (χ1n) is 8.06. The highest BCUT2D eigenvalue weighted by atomic mass is 16.2. The van der Waals surface area contributed by atoms with Crippen molar-refractivity contribution in [1.29, 1.82) is 0 Å². The van der Waals surface area contributed by atoms with Gasteiger partial charge in [0.2, 0.25) is 0 Å². The minimum atomic E-state index is 0.0614. The van der Waals surface area contributed by atoms with E-state index in [9.17, 15) is 4.79 Å². The van der Waals surface area contributed by atoms with Gasteiger partial charge in [0, 0.05) is 38.1 Å². The Bertz CT molecular complexity index is 715. The average Bonchev–Trinajstić information content (AvgIpc) is 2.99. The maximum absolute atomic E-state index is 12.8. The fourth-order valence-corrected chi connectivity index (χ4v) is 3.43. The number of nitrogens with zero attached hydrogens (tertiary/aromatic N) is 5. The van der Waals surface area contributed by atoms with Crippen molar-refractivity contribution in [3.63, 3.8) is 0 Å². The second kappa shape index (κ2) is 5.35. The van der Waals surface area contributed by atoms with E-state index < -0.39 is 0 Å². The van der Waals surface area contributed by atoms with Crippen LogP contribution in [0.15, 0.2) is 12.4 Å². The predicted octanol–water partition coefficient (Wildman–Crippen LogP) is 0.996. The maximum Gasteiger partial charge on any atom is 0.259 e. The average molecular weight is 299 g/mol. The molecule has 2 aromatic heterocycles. The van der Waals surface area contributed by atoms with Gasteiger partial charge in [0.25, 0.3) is 5.91 Å². The first-order chi connectivity index (χ1) is 10.7. The van der Waals surface area contributed by atoms with Gasteiger partial charge >= 0.3 is 0 Å². The Morgan fingerprint density at radius 3 is 2.68 bits per heavy atom. The molecule has 1 fully saturated rings. The fraction of sp³-hybridized carbons (Fsp3) is 0.562. The van der Waals surface area contributed by atoms with Crippen molar-refractivity contribution in [3.05, 3.63) is 29.2 Å². The predicted molar refractivity (Wildman–Crippen MR) is 83.0 cm³/mol. The molecular formula is C16H21N5O. The summed E-state index contributed by atoms with van der Waals surface area (Å²) in [5.41, 5.74) is 3.86. The third kappa shape index (κ3) is 2.18. The van der Waals surface area contributed by atoms with Gasteiger partial charge in [-0.15, -0.1) is 0 Å². The van der Waals surface area contributed by atoms with Crippen LogP contribution in [0.2, 0.25) is 0 Å². The molecule has 4 rings (SSSR count). The molecule has 1 saturated heterocycles. The van der Waals surface area contributed by atoms with E-state index in [1.807, 2.05) is 15.6 Å². The third-order valence-electron chi connectivity index (χ3n) is 4.84. The lowest BCUT2D eigenvalue weighted by molar-refractivity contribution is 0.0666. The molecule has 22 heavy (non-hydrogen) atoms. The van der Waals surface area contributed by atoms with E-state index in [1.165, 1.54) is 24.1 Å². The topological polar surface area (TPSA) is 53.7 Å². The van der Waals surface area contributed by atoms with E-state index in [1.54, 1.807) is 6.20 Å². The zero-order chi connectivity index (χ0) is 15.1. The van der Waals surface area contributed by atoms with E-state index in [-0.39, 0.29) is 5.91 Å². The lowest BCUT2D eigenvalue weighted by atomic mass is 9.97. The molecule has 0 spiro atoms. The molecule has 3 heterocycles. The molecule has 1 aliphatic heterocycles. The summed E-state index contributed by atoms with van der Waals surface area (Å²) in [6, 6.07) is 0. The van der Waals surface area contributed by atoms with Crippen LogP contribution in [-0.4, -0.2) is 63.5 Å². The van der Waals surface area contributed by atoms with Gasteiger partial charge in [0.05, 0.1) is 6.20 Å². The maximum atomic E-state index is 12.8. The smallest absolute Gasteiger partial charge is 0.259 e. The molecule has 0 aromatic carbocycles. The third-order valence-corrected chi connectivity index (χ3v) is 4.84. The summed E-state index contributed by atoms with van der Waals surface area (Å²) in [6.07, 6.45) is 8.13. The van der Waals surface area contributed by atoms with Crippen molar-refractivity contribution in [2.45, 2.75) is 25.7 Å². The number of hydrogen-bond donors (Lipinski definition) is 0. The van der Waals surface area contributed by atoms with Crippen LogP contribution in [0.3, 0.4) is 0 Å². The zero-order valence-corrected chi connectivity index (χ0v) is 13.0. The Morgan fingerprint density at radius 1 is 1.09 bits per heavy atom. The molecule has 0 radical (unpaired) electrons. The Labute approximate surface area is 129 Å². The van der Waals surface area contributed by atoms with Crippen LogP contribution in [0.1, 0.15) is 34.5 Å². The minimum Gasteiger partial charge on any atom is -0.336 e. The monoisotopic (exact) mass is 299 g/mol. The molecule has 1 aliphatic carbocycles. The highest BCUT2D eigenvalue weighted by molar-refractivity contribution is 5.99. The van der Waals surface area contributed by atoms with E-state index in [2.05, 4.69) is 22.0 Å². The first-order valence-corrected chi connectivity index (χ1v) is 8.06. The molecule has 6 nitrogen and oxygen atoms in total. The van der Waals surface area contributed by atoms with Crippen LogP contribution >= 0.6 is 0 Å². The van der Waals surface area contributed by atoms with Gasteiger partial charge in [-0.05, 0) is 38.3 Å². The van der Waals surface area contributed by atoms with Gasteiger partial charge in [-0.25, -0.2) is 9.50 Å². The number of piperazine rings is 1. The molecule has 116 valence electrons. The van der Waals surface area contributed by atoms with Crippen molar-refractivity contribution >= 4 is 11.6 Å². The summed E-state index contributed by atoms with van der Waals surface area (Å²) in [4.78, 5) is 21.5. The molecule has 0 saturated carbocycles. The van der Waals surface area contributed by atoms with Crippen molar-refractivity contribution in [2.75, 3.05) is 33.2 Å². The van der Waals surface area contributed by atoms with Crippen LogP contribution in [0.5, 0.6) is 0 Å². The number of rotatable bonds is 1. The quantitative estimate of drug-likeness (QED) is 0.788. The summed E-state index contributed by atoms with van der Waals surface area (Å²) in [5.74, 6) is 0.0614. The summed E-state index contributed by atoms with van der Waals surface area (Å²) < 4.78 is 1.89. The summed E-state index contributed by atoms with van der Waals surface area (Å²) in [6.45, 7) is 3.40. The van der Waals surface area contributed by atoms with Gasteiger partial charge in [0.1, 0.15) is 5.56 Å². The van der Waals surface area contributed by atoms with Crippen molar-refractivity contribution in [1.82, 2.24) is 24.4 Å². The number of hydrogen-bond acceptors (Lipinski definition) is 4. The van der Waals surface area contributed by atoms with E-state index >= 15 is 0 Å². The van der Waals surface area contributed by atoms with Gasteiger partial charge in [-0.1, -0.05) is 0 Å². The van der Waals surface area contributed by atoms with Crippen LogP contribution in [-0.2, 0) is 12.8 Å². The van der Waals surface area contributed by atoms with Gasteiger partial charge in [-0.2, -0.15) is 5.10 Å². The van der Waals surface area contributed by atoms with Crippen molar-refractivity contribution in [2.24, 2.45) is 0 Å². The highest BCUT2D eigenvalue weighted by Gasteiger charge is 2.25. The van der Waals surface area contributed by atoms with Crippen LogP contribution in [0.25, 0.3) is 5.65 Å².